The monoisotopic (exact) mass is 352 g/mol. The van der Waals surface area contributed by atoms with Crippen LogP contribution in [-0.2, 0) is 17.6 Å². The lowest BCUT2D eigenvalue weighted by atomic mass is 9.91. The molecule has 2 N–H and O–H groups in total. The number of H-pyrrole nitrogens is 1. The summed E-state index contributed by atoms with van der Waals surface area (Å²) in [6, 6.07) is 16.1. The molecule has 0 spiro atoms. The van der Waals surface area contributed by atoms with Crippen molar-refractivity contribution in [2.75, 3.05) is 0 Å². The van der Waals surface area contributed by atoms with Gasteiger partial charge in [-0.15, -0.1) is 0 Å². The van der Waals surface area contributed by atoms with Gasteiger partial charge >= 0.3 is 0 Å². The minimum absolute atomic E-state index is 0.0678. The number of hydrogen-bond donors (Lipinski definition) is 2. The van der Waals surface area contributed by atoms with Gasteiger partial charge in [0.25, 0.3) is 0 Å². The number of amides is 1. The normalized spacial score (nSPS) is 16.6. The molecule has 1 aliphatic rings. The van der Waals surface area contributed by atoms with Crippen LogP contribution in [0.2, 0.25) is 5.02 Å². The van der Waals surface area contributed by atoms with E-state index in [1.807, 2.05) is 36.4 Å². The van der Waals surface area contributed by atoms with Gasteiger partial charge in [-0.2, -0.15) is 0 Å². The number of benzene rings is 2. The topological polar surface area (TPSA) is 44.9 Å². The average molecular weight is 353 g/mol. The van der Waals surface area contributed by atoms with E-state index in [2.05, 4.69) is 22.4 Å². The van der Waals surface area contributed by atoms with Gasteiger partial charge in [0.05, 0.1) is 6.04 Å². The van der Waals surface area contributed by atoms with Crippen molar-refractivity contribution in [2.24, 2.45) is 0 Å². The molecular weight excluding hydrogens is 332 g/mol. The Kier molecular flexibility index (Phi) is 4.50. The molecule has 1 unspecified atom stereocenters. The molecule has 4 rings (SSSR count). The highest BCUT2D eigenvalue weighted by Crippen LogP contribution is 2.35. The van der Waals surface area contributed by atoms with E-state index >= 15 is 0 Å². The fourth-order valence-corrected chi connectivity index (χ4v) is 3.92. The van der Waals surface area contributed by atoms with Gasteiger partial charge in [0, 0.05) is 28.0 Å². The average Bonchev–Trinajstić information content (AvgIpc) is 3.00. The van der Waals surface area contributed by atoms with E-state index in [4.69, 9.17) is 11.6 Å². The lowest BCUT2D eigenvalue weighted by Gasteiger charge is -2.24. The molecule has 1 aromatic heterocycles. The third-order valence-corrected chi connectivity index (χ3v) is 5.22. The summed E-state index contributed by atoms with van der Waals surface area (Å²) in [5, 5.41) is 5.16. The predicted octanol–water partition coefficient (Wildman–Crippen LogP) is 4.95. The number of nitrogens with one attached hydrogen (secondary N) is 2. The number of halogens is 1. The van der Waals surface area contributed by atoms with Crippen LogP contribution in [0.4, 0.5) is 0 Å². The van der Waals surface area contributed by atoms with Crippen LogP contribution in [0, 0.1) is 0 Å². The Morgan fingerprint density at radius 3 is 2.88 bits per heavy atom. The number of hydrogen-bond acceptors (Lipinski definition) is 1. The zero-order valence-corrected chi connectivity index (χ0v) is 14.8. The van der Waals surface area contributed by atoms with E-state index in [1.54, 1.807) is 0 Å². The fourth-order valence-electron chi connectivity index (χ4n) is 3.75. The molecule has 4 heteroatoms. The van der Waals surface area contributed by atoms with Gasteiger partial charge in [-0.25, -0.2) is 0 Å². The summed E-state index contributed by atoms with van der Waals surface area (Å²) in [7, 11) is 0. The zero-order valence-electron chi connectivity index (χ0n) is 14.0. The summed E-state index contributed by atoms with van der Waals surface area (Å²) in [6.45, 7) is 0. The summed E-state index contributed by atoms with van der Waals surface area (Å²) in [5.41, 5.74) is 4.75. The van der Waals surface area contributed by atoms with Gasteiger partial charge in [0.2, 0.25) is 5.91 Å². The Labute approximate surface area is 152 Å². The minimum atomic E-state index is 0.0678. The molecule has 0 saturated carbocycles. The number of aromatic amines is 1. The van der Waals surface area contributed by atoms with Crippen molar-refractivity contribution >= 4 is 28.4 Å². The number of fused-ring (bicyclic) bond motifs is 3. The Morgan fingerprint density at radius 1 is 1.20 bits per heavy atom. The molecule has 128 valence electrons. The van der Waals surface area contributed by atoms with Crippen LogP contribution < -0.4 is 5.32 Å². The van der Waals surface area contributed by atoms with Crippen LogP contribution in [0.25, 0.3) is 10.9 Å². The van der Waals surface area contributed by atoms with Crippen LogP contribution in [0.3, 0.4) is 0 Å². The van der Waals surface area contributed by atoms with Crippen LogP contribution >= 0.6 is 11.6 Å². The second-order valence-electron chi connectivity index (χ2n) is 6.71. The van der Waals surface area contributed by atoms with Crippen LogP contribution in [0.5, 0.6) is 0 Å². The maximum absolute atomic E-state index is 12.4. The smallest absolute Gasteiger partial charge is 0.220 e. The highest BCUT2D eigenvalue weighted by Gasteiger charge is 2.25. The largest absolute Gasteiger partial charge is 0.356 e. The molecule has 3 nitrogen and oxygen atoms in total. The first kappa shape index (κ1) is 16.2. The zero-order chi connectivity index (χ0) is 17.2. The van der Waals surface area contributed by atoms with Gasteiger partial charge in [-0.3, -0.25) is 4.79 Å². The second kappa shape index (κ2) is 6.93. The third-order valence-electron chi connectivity index (χ3n) is 4.99. The summed E-state index contributed by atoms with van der Waals surface area (Å²) >= 11 is 6.15. The fraction of sp³-hybridized carbons (Fsp3) is 0.286. The summed E-state index contributed by atoms with van der Waals surface area (Å²) in [4.78, 5) is 15.9. The number of aryl methyl sites for hydroxylation is 2. The third kappa shape index (κ3) is 3.42. The molecule has 1 amide bonds. The molecule has 0 radical (unpaired) electrons. The van der Waals surface area contributed by atoms with Gasteiger partial charge < -0.3 is 10.3 Å². The first-order valence-corrected chi connectivity index (χ1v) is 9.22. The molecule has 0 fully saturated rings. The van der Waals surface area contributed by atoms with Crippen molar-refractivity contribution in [1.29, 1.82) is 0 Å². The molecule has 1 heterocycles. The standard InChI is InChI=1S/C21H21ClN2O/c22-15-10-11-18-17(13-15)16-7-4-8-19(21(16)24-18)23-20(25)12-9-14-5-2-1-3-6-14/h1-3,5-6,10-11,13,19,24H,4,7-9,12H2,(H,23,25). The van der Waals surface area contributed by atoms with Crippen molar-refractivity contribution in [3.63, 3.8) is 0 Å². The second-order valence-corrected chi connectivity index (χ2v) is 7.14. The highest BCUT2D eigenvalue weighted by molar-refractivity contribution is 6.31. The quantitative estimate of drug-likeness (QED) is 0.685. The van der Waals surface area contributed by atoms with Crippen LogP contribution in [0.1, 0.15) is 42.1 Å². The number of carbonyl (C=O) groups excluding carboxylic acids is 1. The summed E-state index contributed by atoms with van der Waals surface area (Å²) in [5.74, 6) is 0.110. The maximum atomic E-state index is 12.4. The van der Waals surface area contributed by atoms with Crippen molar-refractivity contribution in [1.82, 2.24) is 10.3 Å². The lowest BCUT2D eigenvalue weighted by molar-refractivity contribution is -0.121. The van der Waals surface area contributed by atoms with E-state index in [0.717, 1.165) is 41.9 Å². The molecule has 1 atom stereocenters. The molecule has 0 bridgehead atoms. The van der Waals surface area contributed by atoms with Crippen molar-refractivity contribution in [3.8, 4) is 0 Å². The molecule has 3 aromatic rings. The molecule has 0 aliphatic heterocycles. The van der Waals surface area contributed by atoms with Gasteiger partial charge in [0.1, 0.15) is 0 Å². The predicted molar refractivity (Wildman–Crippen MR) is 102 cm³/mol. The van der Waals surface area contributed by atoms with Crippen molar-refractivity contribution < 1.29 is 4.79 Å². The maximum Gasteiger partial charge on any atom is 0.220 e. The van der Waals surface area contributed by atoms with E-state index in [9.17, 15) is 4.79 Å². The molecule has 25 heavy (non-hydrogen) atoms. The number of aromatic nitrogens is 1. The van der Waals surface area contributed by atoms with Crippen LogP contribution in [-0.4, -0.2) is 10.9 Å². The van der Waals surface area contributed by atoms with Crippen molar-refractivity contribution in [2.45, 2.75) is 38.1 Å². The summed E-state index contributed by atoms with van der Waals surface area (Å²) in [6.07, 6.45) is 4.38. The Hall–Kier alpha value is -2.26. The van der Waals surface area contributed by atoms with E-state index in [1.165, 1.54) is 16.5 Å². The van der Waals surface area contributed by atoms with Gasteiger partial charge in [-0.05, 0) is 55.0 Å². The van der Waals surface area contributed by atoms with E-state index in [0.29, 0.717) is 6.42 Å². The Morgan fingerprint density at radius 2 is 2.04 bits per heavy atom. The van der Waals surface area contributed by atoms with Crippen LogP contribution in [0.15, 0.2) is 48.5 Å². The molecule has 1 aliphatic carbocycles. The number of carbonyl (C=O) groups is 1. The van der Waals surface area contributed by atoms with E-state index < -0.39 is 0 Å². The molecule has 0 saturated heterocycles. The van der Waals surface area contributed by atoms with Gasteiger partial charge in [0.15, 0.2) is 0 Å². The lowest BCUT2D eigenvalue weighted by Crippen LogP contribution is -2.31. The summed E-state index contributed by atoms with van der Waals surface area (Å²) < 4.78 is 0. The number of rotatable bonds is 4. The van der Waals surface area contributed by atoms with Crippen molar-refractivity contribution in [3.05, 3.63) is 70.4 Å². The minimum Gasteiger partial charge on any atom is -0.356 e. The SMILES string of the molecule is O=C(CCc1ccccc1)NC1CCCc2c1[nH]c1ccc(Cl)cc21. The molecule has 2 aromatic carbocycles. The molecular formula is C21H21ClN2O. The Bertz CT molecular complexity index is 901. The Balaban J connectivity index is 1.49. The van der Waals surface area contributed by atoms with Gasteiger partial charge in [-0.1, -0.05) is 41.9 Å². The van der Waals surface area contributed by atoms with E-state index in [-0.39, 0.29) is 11.9 Å². The first-order chi connectivity index (χ1) is 12.2. The first-order valence-electron chi connectivity index (χ1n) is 8.84. The highest BCUT2D eigenvalue weighted by atomic mass is 35.5.